The van der Waals surface area contributed by atoms with Gasteiger partial charge in [-0.15, -0.1) is 0 Å². The molecule has 6 aromatic rings. The van der Waals surface area contributed by atoms with Crippen molar-refractivity contribution in [1.29, 1.82) is 0 Å². The van der Waals surface area contributed by atoms with Crippen LogP contribution in [-0.2, 0) is 0 Å². The van der Waals surface area contributed by atoms with Crippen LogP contribution in [-0.4, -0.2) is 4.98 Å². The summed E-state index contributed by atoms with van der Waals surface area (Å²) in [5.41, 5.74) is 6.08. The number of rotatable bonds is 4. The molecular weight excluding hydrogens is 522 g/mol. The zero-order valence-electron chi connectivity index (χ0n) is 34.8. The SMILES string of the molecule is [2H]C([2H])([2H])c1ccc2oc3c(-c4cc(-c5ccc(-c6ccc(C7([2H])CCC(C)(C)CC7)cc6C)cc5C([2H])([2H])[2H])c(C([2H])([2H])[2H])cn4)cccc3c2c1. The number of aryl methyl sites for hydroxylation is 4. The number of fused-ring (bicyclic) bond motifs is 3. The maximum Gasteiger partial charge on any atom is 0.144 e. The quantitative estimate of drug-likeness (QED) is 0.210. The Morgan fingerprint density at radius 2 is 1.60 bits per heavy atom. The summed E-state index contributed by atoms with van der Waals surface area (Å²) in [4.78, 5) is 4.54. The summed E-state index contributed by atoms with van der Waals surface area (Å²) in [6.45, 7) is -1.01. The summed E-state index contributed by atoms with van der Waals surface area (Å²) in [7, 11) is 0. The van der Waals surface area contributed by atoms with Crippen molar-refractivity contribution in [2.45, 2.75) is 72.9 Å². The summed E-state index contributed by atoms with van der Waals surface area (Å²) >= 11 is 0. The monoisotopic (exact) mass is 573 g/mol. The molecule has 0 bridgehead atoms. The Hall–Kier alpha value is -4.17. The van der Waals surface area contributed by atoms with Crippen LogP contribution in [0.25, 0.3) is 55.4 Å². The fourth-order valence-corrected chi connectivity index (χ4v) is 6.50. The number of para-hydroxylation sites is 1. The molecule has 1 aliphatic rings. The van der Waals surface area contributed by atoms with Crippen LogP contribution in [0.4, 0.5) is 0 Å². The summed E-state index contributed by atoms with van der Waals surface area (Å²) < 4.78 is 89.9. The van der Waals surface area contributed by atoms with E-state index in [1.165, 1.54) is 12.3 Å². The highest BCUT2D eigenvalue weighted by Gasteiger charge is 2.27. The van der Waals surface area contributed by atoms with Crippen molar-refractivity contribution in [3.8, 4) is 33.5 Å². The lowest BCUT2D eigenvalue weighted by molar-refractivity contribution is 0.224. The zero-order valence-corrected chi connectivity index (χ0v) is 24.8. The second-order valence-corrected chi connectivity index (χ2v) is 12.7. The smallest absolute Gasteiger partial charge is 0.144 e. The number of aromatic nitrogens is 1. The third-order valence-electron chi connectivity index (χ3n) is 9.14. The van der Waals surface area contributed by atoms with E-state index in [0.29, 0.717) is 38.8 Å². The minimum absolute atomic E-state index is 0.00624. The van der Waals surface area contributed by atoms with Gasteiger partial charge >= 0.3 is 0 Å². The van der Waals surface area contributed by atoms with E-state index in [0.717, 1.165) is 42.4 Å². The summed E-state index contributed by atoms with van der Waals surface area (Å²) in [5.74, 6) is -0.662. The fraction of sp³-hybridized carbons (Fsp3) is 0.293. The molecule has 0 aliphatic heterocycles. The van der Waals surface area contributed by atoms with E-state index in [2.05, 4.69) is 18.8 Å². The molecule has 1 fully saturated rings. The second-order valence-electron chi connectivity index (χ2n) is 12.7. The molecule has 2 heterocycles. The van der Waals surface area contributed by atoms with Gasteiger partial charge < -0.3 is 4.42 Å². The van der Waals surface area contributed by atoms with Gasteiger partial charge in [0.2, 0.25) is 0 Å². The molecule has 0 saturated heterocycles. The first-order chi connectivity index (χ1) is 24.6. The van der Waals surface area contributed by atoms with Crippen molar-refractivity contribution >= 4 is 21.9 Å². The van der Waals surface area contributed by atoms with Crippen molar-refractivity contribution in [3.63, 3.8) is 0 Å². The van der Waals surface area contributed by atoms with Gasteiger partial charge in [-0.05, 0) is 133 Å². The molecule has 7 rings (SSSR count). The maximum atomic E-state index is 9.25. The topological polar surface area (TPSA) is 26.0 Å². The average molecular weight is 574 g/mol. The van der Waals surface area contributed by atoms with E-state index in [1.54, 1.807) is 42.5 Å². The van der Waals surface area contributed by atoms with Gasteiger partial charge in [0.1, 0.15) is 11.2 Å². The number of benzene rings is 4. The first-order valence-electron chi connectivity index (χ1n) is 19.9. The average Bonchev–Trinajstić information content (AvgIpc) is 3.46. The molecule has 4 aromatic carbocycles. The number of hydrogen-bond acceptors (Lipinski definition) is 2. The number of nitrogens with zero attached hydrogens (tertiary/aromatic N) is 1. The van der Waals surface area contributed by atoms with E-state index in [4.69, 9.17) is 16.8 Å². The molecule has 2 aromatic heterocycles. The molecule has 0 N–H and O–H groups in total. The van der Waals surface area contributed by atoms with Gasteiger partial charge in [0, 0.05) is 36.2 Å². The standard InChI is InChI=1S/C41H41NO/c1-25-10-15-39-37(20-25)34-8-7-9-35(40(34)43-39)38-23-36(28(4)24-42-38)33-14-12-31(22-27(33)3)32-13-11-30(21-26(32)2)29-16-18-41(5,6)19-17-29/h7-15,20-24,29H,16-19H2,1-6H3/i1D3,3D3,4D3,29D. The number of pyridine rings is 1. The Morgan fingerprint density at radius 3 is 2.40 bits per heavy atom. The lowest BCUT2D eigenvalue weighted by atomic mass is 9.71. The molecule has 0 amide bonds. The Morgan fingerprint density at radius 1 is 0.767 bits per heavy atom. The normalized spacial score (nSPS) is 20.4. The van der Waals surface area contributed by atoms with Gasteiger partial charge in [-0.1, -0.05) is 74.0 Å². The van der Waals surface area contributed by atoms with Gasteiger partial charge in [0.25, 0.3) is 0 Å². The van der Waals surface area contributed by atoms with E-state index < -0.39 is 26.4 Å². The van der Waals surface area contributed by atoms with E-state index in [-0.39, 0.29) is 33.2 Å². The van der Waals surface area contributed by atoms with Crippen LogP contribution in [0.5, 0.6) is 0 Å². The van der Waals surface area contributed by atoms with Crippen LogP contribution in [0.1, 0.15) is 86.9 Å². The highest BCUT2D eigenvalue weighted by Crippen LogP contribution is 2.43. The van der Waals surface area contributed by atoms with Gasteiger partial charge in [-0.3, -0.25) is 4.98 Å². The van der Waals surface area contributed by atoms with Crippen molar-refractivity contribution in [1.82, 2.24) is 4.98 Å². The minimum atomic E-state index is -2.60. The lowest BCUT2D eigenvalue weighted by Crippen LogP contribution is -2.20. The summed E-state index contributed by atoms with van der Waals surface area (Å²) in [6, 6.07) is 22.8. The number of hydrogen-bond donors (Lipinski definition) is 0. The van der Waals surface area contributed by atoms with Gasteiger partial charge in [0.15, 0.2) is 0 Å². The molecule has 0 radical (unpaired) electrons. The Kier molecular flexibility index (Phi) is 4.52. The third-order valence-corrected chi connectivity index (χ3v) is 9.14. The lowest BCUT2D eigenvalue weighted by Gasteiger charge is -2.34. The van der Waals surface area contributed by atoms with Gasteiger partial charge in [-0.25, -0.2) is 0 Å². The first kappa shape index (κ1) is 18.5. The van der Waals surface area contributed by atoms with Crippen LogP contribution >= 0.6 is 0 Å². The highest BCUT2D eigenvalue weighted by atomic mass is 16.3. The molecule has 43 heavy (non-hydrogen) atoms. The molecule has 216 valence electrons. The van der Waals surface area contributed by atoms with E-state index in [9.17, 15) is 1.37 Å². The number of furan rings is 1. The maximum absolute atomic E-state index is 9.25. The first-order valence-corrected chi connectivity index (χ1v) is 14.9. The fourth-order valence-electron chi connectivity index (χ4n) is 6.50. The molecule has 1 aliphatic carbocycles. The van der Waals surface area contributed by atoms with E-state index >= 15 is 0 Å². The van der Waals surface area contributed by atoms with Crippen molar-refractivity contribution in [2.75, 3.05) is 0 Å². The molecule has 2 heteroatoms. The molecular formula is C41H41NO. The van der Waals surface area contributed by atoms with Gasteiger partial charge in [0.05, 0.1) is 5.69 Å². The Balaban J connectivity index is 1.35. The highest BCUT2D eigenvalue weighted by molar-refractivity contribution is 6.09. The summed E-state index contributed by atoms with van der Waals surface area (Å²) in [6.07, 6.45) is 4.81. The van der Waals surface area contributed by atoms with Gasteiger partial charge in [-0.2, -0.15) is 0 Å². The van der Waals surface area contributed by atoms with Crippen LogP contribution in [0, 0.1) is 32.9 Å². The Bertz CT molecular complexity index is 2370. The van der Waals surface area contributed by atoms with Crippen LogP contribution in [0.2, 0.25) is 0 Å². The third kappa shape index (κ3) is 5.07. The molecule has 0 unspecified atom stereocenters. The van der Waals surface area contributed by atoms with Crippen molar-refractivity contribution < 1.29 is 18.1 Å². The van der Waals surface area contributed by atoms with Crippen molar-refractivity contribution in [2.24, 2.45) is 5.41 Å². The zero-order chi connectivity index (χ0) is 38.3. The predicted octanol–water partition coefficient (Wildman–Crippen LogP) is 11.9. The molecule has 1 saturated carbocycles. The summed E-state index contributed by atoms with van der Waals surface area (Å²) in [5, 5.41) is 1.29. The Labute approximate surface area is 269 Å². The molecule has 0 atom stereocenters. The van der Waals surface area contributed by atoms with E-state index in [1.807, 2.05) is 37.3 Å². The molecule has 0 spiro atoms. The second kappa shape index (κ2) is 10.5. The largest absolute Gasteiger partial charge is 0.455 e. The predicted molar refractivity (Wildman–Crippen MR) is 182 cm³/mol. The van der Waals surface area contributed by atoms with Crippen LogP contribution < -0.4 is 0 Å². The minimum Gasteiger partial charge on any atom is -0.455 e. The van der Waals surface area contributed by atoms with Crippen LogP contribution in [0.3, 0.4) is 0 Å². The molecule has 2 nitrogen and oxygen atoms in total. The van der Waals surface area contributed by atoms with Crippen LogP contribution in [0.15, 0.2) is 89.5 Å². The van der Waals surface area contributed by atoms with Crippen molar-refractivity contribution in [3.05, 3.63) is 113 Å².